The molecule has 6 fully saturated rings. The molecule has 0 spiro atoms. The minimum atomic E-state index is -1.04. The maximum atomic E-state index is 9.32. The lowest BCUT2D eigenvalue weighted by atomic mass is 9.84. The summed E-state index contributed by atoms with van der Waals surface area (Å²) in [5.41, 5.74) is 10.7. The molecule has 4 saturated heterocycles. The summed E-state index contributed by atoms with van der Waals surface area (Å²) < 4.78 is 12.5. The molecule has 0 bridgehead atoms. The maximum Gasteiger partial charge on any atom is 0.454 e. The Labute approximate surface area is 463 Å². The number of benzene rings is 2. The van der Waals surface area contributed by atoms with Gasteiger partial charge in [0.2, 0.25) is 0 Å². The molecule has 8 heterocycles. The third-order valence-corrected chi connectivity index (χ3v) is 18.5. The Balaban J connectivity index is 0.000000148. The Kier molecular flexibility index (Phi) is 17.5. The highest BCUT2D eigenvalue weighted by atomic mass is 16.5. The number of piperidine rings is 2. The van der Waals surface area contributed by atoms with E-state index in [4.69, 9.17) is 39.5 Å². The summed E-state index contributed by atoms with van der Waals surface area (Å²) in [7, 11) is -1.04. The van der Waals surface area contributed by atoms with Gasteiger partial charge in [-0.15, -0.1) is 0 Å². The smallest absolute Gasteiger partial charge is 0.454 e. The van der Waals surface area contributed by atoms with Crippen molar-refractivity contribution in [2.45, 2.75) is 185 Å². The molecule has 2 aromatic carbocycles. The van der Waals surface area contributed by atoms with Crippen LogP contribution in [-0.4, -0.2) is 122 Å². The third-order valence-electron chi connectivity index (χ3n) is 18.5. The van der Waals surface area contributed by atoms with Crippen molar-refractivity contribution in [1.29, 1.82) is 10.5 Å². The molecule has 17 heteroatoms. The second-order valence-corrected chi connectivity index (χ2v) is 23.9. The van der Waals surface area contributed by atoms with E-state index in [1.807, 2.05) is 0 Å². The topological polar surface area (TPSA) is 186 Å². The van der Waals surface area contributed by atoms with E-state index in [0.717, 1.165) is 146 Å². The quantitative estimate of drug-likeness (QED) is 0.102. The number of likely N-dealkylation sites (tertiary alicyclic amines) is 1. The lowest BCUT2D eigenvalue weighted by Crippen LogP contribution is -2.37. The fourth-order valence-corrected chi connectivity index (χ4v) is 14.1. The number of hydrogen-bond donors (Lipinski definition) is 3. The number of aryl methyl sites for hydroxylation is 2. The molecule has 0 radical (unpaired) electrons. The van der Waals surface area contributed by atoms with Crippen LogP contribution in [0.4, 0.5) is 11.6 Å². The van der Waals surface area contributed by atoms with Crippen molar-refractivity contribution in [2.75, 3.05) is 62.3 Å². The number of ether oxygens (including phenoxy) is 2. The molecule has 6 aliphatic heterocycles. The third kappa shape index (κ3) is 12.5. The van der Waals surface area contributed by atoms with E-state index in [2.05, 4.69) is 90.5 Å². The van der Waals surface area contributed by atoms with Crippen molar-refractivity contribution in [3.63, 3.8) is 0 Å². The summed E-state index contributed by atoms with van der Waals surface area (Å²) in [5.74, 6) is 3.14. The van der Waals surface area contributed by atoms with Gasteiger partial charge in [0.05, 0.1) is 23.5 Å². The molecular weight excluding hydrogens is 976 g/mol. The molecule has 16 nitrogen and oxygen atoms in total. The first-order valence-corrected chi connectivity index (χ1v) is 29.6. The summed E-state index contributed by atoms with van der Waals surface area (Å²) >= 11 is 0. The largest absolute Gasteiger partial charge is 0.462 e. The molecule has 78 heavy (non-hydrogen) atoms. The highest BCUT2D eigenvalue weighted by molar-refractivity contribution is 6.44. The van der Waals surface area contributed by atoms with Crippen molar-refractivity contribution in [2.24, 2.45) is 11.8 Å². The molecule has 414 valence electrons. The Morgan fingerprint density at radius 1 is 0.603 bits per heavy atom. The number of rotatable bonds is 14. The van der Waals surface area contributed by atoms with Gasteiger partial charge < -0.3 is 34.6 Å². The van der Waals surface area contributed by atoms with E-state index < -0.39 is 7.12 Å². The predicted molar refractivity (Wildman–Crippen MR) is 303 cm³/mol. The van der Waals surface area contributed by atoms with Gasteiger partial charge in [-0.2, -0.15) is 30.5 Å². The van der Waals surface area contributed by atoms with E-state index in [1.165, 1.54) is 84.9 Å². The van der Waals surface area contributed by atoms with Gasteiger partial charge in [0.15, 0.2) is 0 Å². The molecule has 2 unspecified atom stereocenters. The van der Waals surface area contributed by atoms with Gasteiger partial charge in [-0.05, 0) is 143 Å². The fourth-order valence-electron chi connectivity index (χ4n) is 14.1. The van der Waals surface area contributed by atoms with Gasteiger partial charge >= 0.3 is 19.1 Å². The van der Waals surface area contributed by atoms with Crippen molar-refractivity contribution in [3.8, 4) is 24.2 Å². The standard InChI is InChI=1S/C30H38N6O.C27H34N6O.C3H7BO2.CH4/c31-14-13-21-5-3-15-34(17-21)29-26-18-35(28-12-9-22-6-1-2-8-25(22)28)19-27(26)32-30(33-29)37-20-24-7-4-16-36(24)23-10-11-23;28-12-11-19-5-4-14-32(15-19)26-23-16-33(25-10-9-20-6-1-2-8-22(20)25)17-24(23)30-27(31-26)34-18-21-7-3-13-29-21;5-4(6)3-1-2-3;/h1-2,6,8,21,23-24,28H,3-5,7,9-13,15-20H2;1-2,6,8,19,21,25,29H,3-5,7,9-11,13-18H2;3,5-6H,1-2H2;1H4/t21-,24-,28?;19-,21-,25?;;/m00../s1. The van der Waals surface area contributed by atoms with Gasteiger partial charge in [-0.3, -0.25) is 14.7 Å². The van der Waals surface area contributed by atoms with Crippen LogP contribution in [-0.2, 0) is 39.0 Å². The molecule has 0 amide bonds. The second kappa shape index (κ2) is 25.0. The van der Waals surface area contributed by atoms with E-state index in [-0.39, 0.29) is 13.2 Å². The van der Waals surface area contributed by atoms with Crippen LogP contribution >= 0.6 is 0 Å². The van der Waals surface area contributed by atoms with Crippen LogP contribution in [0, 0.1) is 34.5 Å². The number of anilines is 2. The Bertz CT molecular complexity index is 2780. The van der Waals surface area contributed by atoms with Crippen molar-refractivity contribution >= 4 is 18.8 Å². The van der Waals surface area contributed by atoms with Crippen LogP contribution < -0.4 is 24.6 Å². The van der Waals surface area contributed by atoms with E-state index in [1.54, 1.807) is 0 Å². The molecular formula is C61H83BN12O4. The van der Waals surface area contributed by atoms with Crippen LogP contribution in [0.15, 0.2) is 48.5 Å². The fraction of sp³-hybridized carbons (Fsp3) is 0.639. The van der Waals surface area contributed by atoms with Crippen LogP contribution in [0.5, 0.6) is 12.0 Å². The van der Waals surface area contributed by atoms with Crippen LogP contribution in [0.2, 0.25) is 5.82 Å². The molecule has 3 N–H and O–H groups in total. The molecule has 6 atom stereocenters. The first kappa shape index (κ1) is 54.6. The van der Waals surface area contributed by atoms with E-state index in [0.29, 0.717) is 74.1 Å². The normalized spacial score (nSPS) is 26.3. The number of hydrogen-bond acceptors (Lipinski definition) is 16. The molecule has 10 aliphatic rings. The number of nitrogens with one attached hydrogen (secondary N) is 1. The SMILES string of the molecule is C.N#CC[C@@H]1CCCN(c2nc(OC[C@@H]3CCCN3)nc3c2CN(C2CCc4ccccc42)C3)C1.N#CC[C@@H]1CCCN(c2nc(OC[C@@H]3CCCN3C3CC3)nc3c2CN(C2CCc4ccccc42)C3)C1.OB(O)C1CC1. The molecule has 2 saturated carbocycles. The van der Waals surface area contributed by atoms with Gasteiger partial charge in [-0.25, -0.2) is 0 Å². The van der Waals surface area contributed by atoms with Gasteiger partial charge in [0.1, 0.15) is 24.8 Å². The number of aromatic nitrogens is 4. The van der Waals surface area contributed by atoms with Crippen LogP contribution in [0.25, 0.3) is 0 Å². The zero-order chi connectivity index (χ0) is 52.2. The lowest BCUT2D eigenvalue weighted by Gasteiger charge is -2.34. The molecule has 4 aromatic rings. The Morgan fingerprint density at radius 3 is 1.63 bits per heavy atom. The van der Waals surface area contributed by atoms with E-state index >= 15 is 0 Å². The first-order chi connectivity index (χ1) is 37.8. The van der Waals surface area contributed by atoms with Gasteiger partial charge in [0, 0.05) is 107 Å². The number of nitriles is 2. The lowest BCUT2D eigenvalue weighted by molar-refractivity contribution is 0.158. The summed E-state index contributed by atoms with van der Waals surface area (Å²) in [6, 6.07) is 26.2. The summed E-state index contributed by atoms with van der Waals surface area (Å²) in [4.78, 5) is 32.7. The maximum absolute atomic E-state index is 9.32. The highest BCUT2D eigenvalue weighted by Gasteiger charge is 2.40. The first-order valence-electron chi connectivity index (χ1n) is 29.6. The van der Waals surface area contributed by atoms with E-state index in [9.17, 15) is 10.5 Å². The summed E-state index contributed by atoms with van der Waals surface area (Å²) in [6.07, 6.45) is 19.9. The van der Waals surface area contributed by atoms with Crippen molar-refractivity contribution in [1.82, 2.24) is 40.0 Å². The molecule has 14 rings (SSSR count). The Morgan fingerprint density at radius 2 is 1.14 bits per heavy atom. The summed E-state index contributed by atoms with van der Waals surface area (Å²) in [6.45, 7) is 10.8. The molecule has 4 aliphatic carbocycles. The molecule has 2 aromatic heterocycles. The zero-order valence-electron chi connectivity index (χ0n) is 45.2. The van der Waals surface area contributed by atoms with Crippen LogP contribution in [0.1, 0.15) is 167 Å². The minimum absolute atomic E-state index is 0. The predicted octanol–water partition coefficient (Wildman–Crippen LogP) is 8.62. The average Bonchev–Trinajstić information content (AvgIpc) is 4.01. The number of fused-ring (bicyclic) bond motifs is 4. The summed E-state index contributed by atoms with van der Waals surface area (Å²) in [5, 5.41) is 38.6. The van der Waals surface area contributed by atoms with Crippen molar-refractivity contribution < 1.29 is 19.5 Å². The average molecular weight is 1060 g/mol. The highest BCUT2D eigenvalue weighted by Crippen LogP contribution is 2.45. The van der Waals surface area contributed by atoms with Crippen LogP contribution in [0.3, 0.4) is 0 Å². The Hall–Kier alpha value is -5.40. The van der Waals surface area contributed by atoms with Gasteiger partial charge in [-0.1, -0.05) is 68.8 Å². The number of nitrogens with zero attached hydrogens (tertiary/aromatic N) is 11. The monoisotopic (exact) mass is 1060 g/mol. The second-order valence-electron chi connectivity index (χ2n) is 23.9. The minimum Gasteiger partial charge on any atom is -0.462 e. The van der Waals surface area contributed by atoms with Gasteiger partial charge in [0.25, 0.3) is 0 Å². The zero-order valence-corrected chi connectivity index (χ0v) is 45.2. The van der Waals surface area contributed by atoms with Crippen molar-refractivity contribution in [3.05, 3.63) is 93.3 Å².